The van der Waals surface area contributed by atoms with Crippen LogP contribution in [0.25, 0.3) is 0 Å². The quantitative estimate of drug-likeness (QED) is 0.852. The molecule has 1 fully saturated rings. The van der Waals surface area contributed by atoms with Crippen molar-refractivity contribution in [2.45, 2.75) is 18.7 Å². The highest BCUT2D eigenvalue weighted by molar-refractivity contribution is 7.89. The van der Waals surface area contributed by atoms with Crippen LogP contribution in [0.1, 0.15) is 13.8 Å². The van der Waals surface area contributed by atoms with E-state index in [1.54, 1.807) is 0 Å². The van der Waals surface area contributed by atoms with Gasteiger partial charge in [-0.1, -0.05) is 13.8 Å². The highest BCUT2D eigenvalue weighted by Crippen LogP contribution is 2.21. The topological polar surface area (TPSA) is 40.6 Å². The van der Waals surface area contributed by atoms with Gasteiger partial charge in [0.15, 0.2) is 0 Å². The van der Waals surface area contributed by atoms with Crippen molar-refractivity contribution in [3.8, 4) is 0 Å². The summed E-state index contributed by atoms with van der Waals surface area (Å²) < 4.78 is 52.9. The number of hydrogen-bond donors (Lipinski definition) is 0. The van der Waals surface area contributed by atoms with Gasteiger partial charge in [-0.15, -0.1) is 0 Å². The molecule has 4 nitrogen and oxygen atoms in total. The molecular weight excluding hydrogens is 298 g/mol. The summed E-state index contributed by atoms with van der Waals surface area (Å²) in [5.74, 6) is -1.16. The van der Waals surface area contributed by atoms with Crippen molar-refractivity contribution in [1.82, 2.24) is 9.21 Å². The Bertz CT molecular complexity index is 597. The second kappa shape index (κ2) is 6.37. The normalized spacial score (nSPS) is 18.3. The fourth-order valence-electron chi connectivity index (χ4n) is 2.48. The van der Waals surface area contributed by atoms with Crippen LogP contribution in [-0.4, -0.2) is 50.3 Å². The average molecular weight is 318 g/mol. The van der Waals surface area contributed by atoms with Crippen molar-refractivity contribution < 1.29 is 17.2 Å². The third-order valence-corrected chi connectivity index (χ3v) is 5.38. The summed E-state index contributed by atoms with van der Waals surface area (Å²) >= 11 is 0. The summed E-state index contributed by atoms with van der Waals surface area (Å²) in [5.41, 5.74) is 0. The Kier molecular flexibility index (Phi) is 4.95. The number of piperazine rings is 1. The van der Waals surface area contributed by atoms with E-state index in [-0.39, 0.29) is 0 Å². The van der Waals surface area contributed by atoms with E-state index in [9.17, 15) is 17.2 Å². The number of benzene rings is 1. The lowest BCUT2D eigenvalue weighted by Crippen LogP contribution is -2.49. The minimum absolute atomic E-state index is 0.297. The van der Waals surface area contributed by atoms with Gasteiger partial charge in [-0.25, -0.2) is 17.2 Å². The molecule has 0 spiro atoms. The van der Waals surface area contributed by atoms with Gasteiger partial charge in [0.05, 0.1) is 0 Å². The molecule has 1 saturated heterocycles. The van der Waals surface area contributed by atoms with E-state index in [2.05, 4.69) is 18.7 Å². The van der Waals surface area contributed by atoms with Crippen LogP contribution in [0.2, 0.25) is 0 Å². The van der Waals surface area contributed by atoms with Gasteiger partial charge >= 0.3 is 0 Å². The Morgan fingerprint density at radius 2 is 1.76 bits per heavy atom. The first-order valence-corrected chi connectivity index (χ1v) is 8.42. The predicted molar refractivity (Wildman–Crippen MR) is 76.4 cm³/mol. The van der Waals surface area contributed by atoms with Crippen LogP contribution in [0.4, 0.5) is 8.78 Å². The Labute approximate surface area is 124 Å². The summed E-state index contributed by atoms with van der Waals surface area (Å²) in [6.07, 6.45) is 0. The van der Waals surface area contributed by atoms with Crippen LogP contribution in [0.5, 0.6) is 0 Å². The van der Waals surface area contributed by atoms with Crippen molar-refractivity contribution in [3.63, 3.8) is 0 Å². The molecule has 0 unspecified atom stereocenters. The number of hydrogen-bond acceptors (Lipinski definition) is 3. The summed E-state index contributed by atoms with van der Waals surface area (Å²) in [6, 6.07) is 2.50. The molecular formula is C14H20F2N2O2S. The van der Waals surface area contributed by atoms with Gasteiger partial charge in [-0.2, -0.15) is 4.31 Å². The monoisotopic (exact) mass is 318 g/mol. The SMILES string of the molecule is CC(C)CN1CCN(S(=O)(=O)c2cc(F)ccc2F)CC1. The van der Waals surface area contributed by atoms with Crippen molar-refractivity contribution in [1.29, 1.82) is 0 Å². The van der Waals surface area contributed by atoms with Crippen LogP contribution >= 0.6 is 0 Å². The lowest BCUT2D eigenvalue weighted by Gasteiger charge is -2.34. The van der Waals surface area contributed by atoms with Gasteiger partial charge < -0.3 is 4.90 Å². The molecule has 0 N–H and O–H groups in total. The van der Waals surface area contributed by atoms with Crippen molar-refractivity contribution in [3.05, 3.63) is 29.8 Å². The van der Waals surface area contributed by atoms with Gasteiger partial charge in [0.25, 0.3) is 0 Å². The molecule has 1 heterocycles. The Hall–Kier alpha value is -1.05. The summed E-state index contributed by atoms with van der Waals surface area (Å²) in [7, 11) is -3.98. The van der Waals surface area contributed by atoms with Crippen molar-refractivity contribution in [2.75, 3.05) is 32.7 Å². The molecule has 0 aromatic heterocycles. The number of halogens is 2. The zero-order chi connectivity index (χ0) is 15.6. The molecule has 0 atom stereocenters. The molecule has 0 aliphatic carbocycles. The van der Waals surface area contributed by atoms with E-state index in [0.29, 0.717) is 32.1 Å². The van der Waals surface area contributed by atoms with Gasteiger partial charge in [-0.3, -0.25) is 0 Å². The molecule has 21 heavy (non-hydrogen) atoms. The zero-order valence-corrected chi connectivity index (χ0v) is 13.0. The third kappa shape index (κ3) is 3.78. The van der Waals surface area contributed by atoms with Crippen LogP contribution in [0.15, 0.2) is 23.1 Å². The first kappa shape index (κ1) is 16.3. The second-order valence-corrected chi connectivity index (χ2v) is 7.58. The van der Waals surface area contributed by atoms with E-state index >= 15 is 0 Å². The van der Waals surface area contributed by atoms with Gasteiger partial charge in [-0.05, 0) is 24.1 Å². The summed E-state index contributed by atoms with van der Waals surface area (Å²) in [6.45, 7) is 6.91. The largest absolute Gasteiger partial charge is 0.300 e. The average Bonchev–Trinajstić information content (AvgIpc) is 2.41. The molecule has 1 aromatic carbocycles. The van der Waals surface area contributed by atoms with Gasteiger partial charge in [0.2, 0.25) is 10.0 Å². The van der Waals surface area contributed by atoms with E-state index < -0.39 is 26.6 Å². The fourth-order valence-corrected chi connectivity index (χ4v) is 3.98. The smallest absolute Gasteiger partial charge is 0.246 e. The summed E-state index contributed by atoms with van der Waals surface area (Å²) in [4.78, 5) is 1.60. The third-order valence-electron chi connectivity index (χ3n) is 3.47. The Balaban J connectivity index is 2.13. The van der Waals surface area contributed by atoms with E-state index in [4.69, 9.17) is 0 Å². The molecule has 118 valence electrons. The van der Waals surface area contributed by atoms with Crippen molar-refractivity contribution >= 4 is 10.0 Å². The van der Waals surface area contributed by atoms with Crippen LogP contribution in [0.3, 0.4) is 0 Å². The van der Waals surface area contributed by atoms with Gasteiger partial charge in [0, 0.05) is 32.7 Å². The molecule has 0 bridgehead atoms. The molecule has 0 radical (unpaired) electrons. The van der Waals surface area contributed by atoms with E-state index in [1.807, 2.05) is 0 Å². The standard InChI is InChI=1S/C14H20F2N2O2S/c1-11(2)10-17-5-7-18(8-6-17)21(19,20)14-9-12(15)3-4-13(14)16/h3-4,9,11H,5-8,10H2,1-2H3. The minimum atomic E-state index is -3.98. The number of rotatable bonds is 4. The Morgan fingerprint density at radius 3 is 2.33 bits per heavy atom. The molecule has 1 aliphatic heterocycles. The maximum atomic E-state index is 13.7. The van der Waals surface area contributed by atoms with Gasteiger partial charge in [0.1, 0.15) is 16.5 Å². The Morgan fingerprint density at radius 1 is 1.14 bits per heavy atom. The molecule has 7 heteroatoms. The maximum Gasteiger partial charge on any atom is 0.246 e. The van der Waals surface area contributed by atoms with Crippen LogP contribution in [-0.2, 0) is 10.0 Å². The highest BCUT2D eigenvalue weighted by Gasteiger charge is 2.31. The fraction of sp³-hybridized carbons (Fsp3) is 0.571. The predicted octanol–water partition coefficient (Wildman–Crippen LogP) is 1.93. The van der Waals surface area contributed by atoms with E-state index in [0.717, 1.165) is 24.7 Å². The minimum Gasteiger partial charge on any atom is -0.300 e. The van der Waals surface area contributed by atoms with Crippen LogP contribution in [0, 0.1) is 17.6 Å². The number of nitrogens with zero attached hydrogens (tertiary/aromatic N) is 2. The number of sulfonamides is 1. The van der Waals surface area contributed by atoms with Crippen molar-refractivity contribution in [2.24, 2.45) is 5.92 Å². The first-order chi connectivity index (χ1) is 9.80. The summed E-state index contributed by atoms with van der Waals surface area (Å²) in [5, 5.41) is 0. The zero-order valence-electron chi connectivity index (χ0n) is 12.2. The van der Waals surface area contributed by atoms with Crippen LogP contribution < -0.4 is 0 Å². The first-order valence-electron chi connectivity index (χ1n) is 6.98. The molecule has 1 aromatic rings. The molecule has 0 saturated carbocycles. The highest BCUT2D eigenvalue weighted by atomic mass is 32.2. The lowest BCUT2D eigenvalue weighted by molar-refractivity contribution is 0.172. The van der Waals surface area contributed by atoms with E-state index in [1.165, 1.54) is 4.31 Å². The second-order valence-electron chi connectivity index (χ2n) is 5.67. The maximum absolute atomic E-state index is 13.7. The molecule has 2 rings (SSSR count). The lowest BCUT2D eigenvalue weighted by atomic mass is 10.2. The molecule has 0 amide bonds. The molecule has 1 aliphatic rings.